The van der Waals surface area contributed by atoms with E-state index in [-0.39, 0.29) is 0 Å². The molecular formula is C18H24. The van der Waals surface area contributed by atoms with Crippen LogP contribution in [0, 0.1) is 6.92 Å². The van der Waals surface area contributed by atoms with Crippen molar-refractivity contribution in [2.75, 3.05) is 0 Å². The summed E-state index contributed by atoms with van der Waals surface area (Å²) in [5, 5.41) is 2.81. The summed E-state index contributed by atoms with van der Waals surface area (Å²) in [5.74, 6) is 0. The molecule has 0 N–H and O–H groups in total. The molecule has 0 spiro atoms. The van der Waals surface area contributed by atoms with Crippen molar-refractivity contribution < 1.29 is 0 Å². The van der Waals surface area contributed by atoms with Gasteiger partial charge in [-0.3, -0.25) is 0 Å². The third-order valence-electron chi connectivity index (χ3n) is 4.32. The van der Waals surface area contributed by atoms with E-state index in [9.17, 15) is 0 Å². The van der Waals surface area contributed by atoms with Crippen molar-refractivity contribution in [1.29, 1.82) is 0 Å². The highest BCUT2D eigenvalue weighted by Gasteiger charge is 2.26. The Bertz CT molecular complexity index is 539. The molecule has 0 aliphatic heterocycles. The molecule has 0 aromatic heterocycles. The second-order valence-electron chi connectivity index (χ2n) is 5.64. The van der Waals surface area contributed by atoms with Crippen molar-refractivity contribution in [3.8, 4) is 0 Å². The molecule has 2 aromatic carbocycles. The van der Waals surface area contributed by atoms with Gasteiger partial charge in [0, 0.05) is 0 Å². The van der Waals surface area contributed by atoms with E-state index < -0.39 is 0 Å². The third kappa shape index (κ3) is 2.16. The average Bonchev–Trinajstić information content (AvgIpc) is 2.38. The smallest absolute Gasteiger partial charge is 0.00692 e. The van der Waals surface area contributed by atoms with Crippen molar-refractivity contribution >= 4 is 10.8 Å². The molecule has 0 heteroatoms. The van der Waals surface area contributed by atoms with Gasteiger partial charge in [0.25, 0.3) is 0 Å². The van der Waals surface area contributed by atoms with E-state index in [0.29, 0.717) is 5.41 Å². The Kier molecular flexibility index (Phi) is 3.75. The van der Waals surface area contributed by atoms with Crippen molar-refractivity contribution in [2.45, 2.75) is 52.4 Å². The van der Waals surface area contributed by atoms with Crippen LogP contribution in [0.1, 0.15) is 51.2 Å². The first-order valence-electron chi connectivity index (χ1n) is 7.11. The summed E-state index contributed by atoms with van der Waals surface area (Å²) in [6.07, 6.45) is 3.71. The van der Waals surface area contributed by atoms with Crippen molar-refractivity contribution in [2.24, 2.45) is 0 Å². The highest BCUT2D eigenvalue weighted by Crippen LogP contribution is 2.38. The molecule has 2 aromatic rings. The van der Waals surface area contributed by atoms with Crippen LogP contribution in [0.2, 0.25) is 0 Å². The number of fused-ring (bicyclic) bond motifs is 1. The molecule has 0 saturated heterocycles. The quantitative estimate of drug-likeness (QED) is 0.651. The lowest BCUT2D eigenvalue weighted by molar-refractivity contribution is 0.415. The van der Waals surface area contributed by atoms with Crippen LogP contribution < -0.4 is 0 Å². The van der Waals surface area contributed by atoms with Gasteiger partial charge in [-0.15, -0.1) is 0 Å². The molecule has 2 rings (SSSR count). The number of benzene rings is 2. The number of aryl methyl sites for hydroxylation is 1. The van der Waals surface area contributed by atoms with Gasteiger partial charge in [0.1, 0.15) is 0 Å². The summed E-state index contributed by atoms with van der Waals surface area (Å²) in [5.41, 5.74) is 3.30. The van der Waals surface area contributed by atoms with Crippen LogP contribution >= 0.6 is 0 Å². The minimum atomic E-state index is 0.305. The first-order valence-corrected chi connectivity index (χ1v) is 7.11. The van der Waals surface area contributed by atoms with Crippen molar-refractivity contribution in [1.82, 2.24) is 0 Å². The maximum absolute atomic E-state index is 2.42. The fourth-order valence-corrected chi connectivity index (χ4v) is 3.21. The highest BCUT2D eigenvalue weighted by atomic mass is 14.3. The zero-order valence-corrected chi connectivity index (χ0v) is 12.1. The molecule has 0 heterocycles. The van der Waals surface area contributed by atoms with Gasteiger partial charge < -0.3 is 0 Å². The van der Waals surface area contributed by atoms with Crippen LogP contribution in [0.3, 0.4) is 0 Å². The van der Waals surface area contributed by atoms with Gasteiger partial charge in [0.2, 0.25) is 0 Å². The molecule has 0 radical (unpaired) electrons. The Labute approximate surface area is 111 Å². The summed E-state index contributed by atoms with van der Waals surface area (Å²) < 4.78 is 0. The zero-order valence-electron chi connectivity index (χ0n) is 12.1. The molecule has 0 fully saturated rings. The predicted octanol–water partition coefficient (Wildman–Crippen LogP) is 5.62. The second-order valence-corrected chi connectivity index (χ2v) is 5.64. The fraction of sp³-hybridized carbons (Fsp3) is 0.444. The lowest BCUT2D eigenvalue weighted by Gasteiger charge is -2.31. The number of hydrogen-bond donors (Lipinski definition) is 0. The minimum Gasteiger partial charge on any atom is -0.0654 e. The third-order valence-corrected chi connectivity index (χ3v) is 4.32. The van der Waals surface area contributed by atoms with Crippen molar-refractivity contribution in [3.05, 3.63) is 47.5 Å². The van der Waals surface area contributed by atoms with Gasteiger partial charge in [0.05, 0.1) is 0 Å². The predicted molar refractivity (Wildman–Crippen MR) is 81.2 cm³/mol. The average molecular weight is 240 g/mol. The molecular weight excluding hydrogens is 216 g/mol. The van der Waals surface area contributed by atoms with E-state index in [1.807, 2.05) is 0 Å². The van der Waals surface area contributed by atoms with E-state index in [4.69, 9.17) is 0 Å². The summed E-state index contributed by atoms with van der Waals surface area (Å²) in [6.45, 7) is 9.28. The van der Waals surface area contributed by atoms with E-state index in [1.165, 1.54) is 35.6 Å². The molecule has 0 nitrogen and oxygen atoms in total. The van der Waals surface area contributed by atoms with Crippen LogP contribution in [0.25, 0.3) is 10.8 Å². The van der Waals surface area contributed by atoms with E-state index >= 15 is 0 Å². The first kappa shape index (κ1) is 13.1. The molecule has 96 valence electrons. The summed E-state index contributed by atoms with van der Waals surface area (Å²) >= 11 is 0. The monoisotopic (exact) mass is 240 g/mol. The highest BCUT2D eigenvalue weighted by molar-refractivity contribution is 5.87. The molecule has 1 unspecified atom stereocenters. The largest absolute Gasteiger partial charge is 0.0654 e. The Balaban J connectivity index is 2.71. The summed E-state index contributed by atoms with van der Waals surface area (Å²) in [7, 11) is 0. The Morgan fingerprint density at radius 2 is 1.72 bits per heavy atom. The zero-order chi connectivity index (χ0) is 13.2. The van der Waals surface area contributed by atoms with Gasteiger partial charge in [-0.05, 0) is 47.1 Å². The van der Waals surface area contributed by atoms with Gasteiger partial charge in [-0.1, -0.05) is 63.6 Å². The minimum absolute atomic E-state index is 0.305. The van der Waals surface area contributed by atoms with E-state index in [0.717, 1.165) is 0 Å². The van der Waals surface area contributed by atoms with Gasteiger partial charge in [0.15, 0.2) is 0 Å². The van der Waals surface area contributed by atoms with Crippen LogP contribution in [0.4, 0.5) is 0 Å². The summed E-state index contributed by atoms with van der Waals surface area (Å²) in [4.78, 5) is 0. The Morgan fingerprint density at radius 3 is 2.39 bits per heavy atom. The van der Waals surface area contributed by atoms with E-state index in [1.54, 1.807) is 5.56 Å². The molecule has 1 atom stereocenters. The van der Waals surface area contributed by atoms with Crippen LogP contribution in [0.15, 0.2) is 36.4 Å². The Morgan fingerprint density at radius 1 is 1.00 bits per heavy atom. The van der Waals surface area contributed by atoms with Crippen LogP contribution in [0.5, 0.6) is 0 Å². The number of rotatable bonds is 4. The van der Waals surface area contributed by atoms with Gasteiger partial charge >= 0.3 is 0 Å². The fourth-order valence-electron chi connectivity index (χ4n) is 3.21. The summed E-state index contributed by atoms with van der Waals surface area (Å²) in [6, 6.07) is 13.3. The maximum atomic E-state index is 2.42. The van der Waals surface area contributed by atoms with Crippen LogP contribution in [-0.2, 0) is 5.41 Å². The lowest BCUT2D eigenvalue weighted by atomic mass is 9.73. The van der Waals surface area contributed by atoms with E-state index in [2.05, 4.69) is 64.1 Å². The number of hydrogen-bond acceptors (Lipinski definition) is 0. The van der Waals surface area contributed by atoms with Crippen molar-refractivity contribution in [3.63, 3.8) is 0 Å². The maximum Gasteiger partial charge on any atom is -0.00692 e. The topological polar surface area (TPSA) is 0 Å². The second kappa shape index (κ2) is 5.14. The molecule has 18 heavy (non-hydrogen) atoms. The molecule has 0 aliphatic rings. The standard InChI is InChI=1S/C18H24/c1-5-13-18(4,6-2)17-14(3)11-12-15-9-7-8-10-16(15)17/h7-12H,5-6,13H2,1-4H3. The van der Waals surface area contributed by atoms with Crippen LogP contribution in [-0.4, -0.2) is 0 Å². The molecule has 0 saturated carbocycles. The van der Waals surface area contributed by atoms with Gasteiger partial charge in [-0.25, -0.2) is 0 Å². The first-order chi connectivity index (χ1) is 8.62. The Hall–Kier alpha value is -1.30. The lowest BCUT2D eigenvalue weighted by Crippen LogP contribution is -2.22. The molecule has 0 amide bonds. The van der Waals surface area contributed by atoms with Gasteiger partial charge in [-0.2, -0.15) is 0 Å². The molecule has 0 aliphatic carbocycles. The normalized spacial score (nSPS) is 14.7. The molecule has 0 bridgehead atoms. The SMILES string of the molecule is CCCC(C)(CC)c1c(C)ccc2ccccc12.